The van der Waals surface area contributed by atoms with E-state index >= 15 is 0 Å². The first-order valence-corrected chi connectivity index (χ1v) is 10.8. The lowest BCUT2D eigenvalue weighted by atomic mass is 10.2. The molecule has 4 aromatic rings. The minimum atomic E-state index is 0.00262. The van der Waals surface area contributed by atoms with Crippen LogP contribution in [0.2, 0.25) is 5.02 Å². The highest BCUT2D eigenvalue weighted by Crippen LogP contribution is 2.26. The predicted molar refractivity (Wildman–Crippen MR) is 121 cm³/mol. The first-order valence-electron chi connectivity index (χ1n) is 10.4. The molecule has 0 saturated carbocycles. The van der Waals surface area contributed by atoms with E-state index in [1.54, 1.807) is 17.8 Å². The topological polar surface area (TPSA) is 93.2 Å². The summed E-state index contributed by atoms with van der Waals surface area (Å²) in [6.45, 7) is 6.63. The summed E-state index contributed by atoms with van der Waals surface area (Å²) in [5, 5.41) is 10.1. The predicted octanol–water partition coefficient (Wildman–Crippen LogP) is 3.10. The second kappa shape index (κ2) is 8.23. The Kier molecular flexibility index (Phi) is 5.26. The molecule has 0 spiro atoms. The van der Waals surface area contributed by atoms with E-state index in [2.05, 4.69) is 31.2 Å². The van der Waals surface area contributed by atoms with E-state index in [4.69, 9.17) is 16.1 Å². The van der Waals surface area contributed by atoms with Crippen molar-refractivity contribution in [1.29, 1.82) is 0 Å². The van der Waals surface area contributed by atoms with Crippen molar-refractivity contribution in [3.8, 4) is 11.5 Å². The van der Waals surface area contributed by atoms with Gasteiger partial charge in [0.2, 0.25) is 17.6 Å². The molecule has 1 amide bonds. The van der Waals surface area contributed by atoms with Gasteiger partial charge < -0.3 is 14.3 Å². The fourth-order valence-electron chi connectivity index (χ4n) is 3.95. The molecule has 0 bridgehead atoms. The first-order chi connectivity index (χ1) is 15.5. The molecule has 5 rings (SSSR count). The van der Waals surface area contributed by atoms with Crippen LogP contribution in [0.15, 0.2) is 41.1 Å². The van der Waals surface area contributed by atoms with Crippen LogP contribution >= 0.6 is 11.6 Å². The van der Waals surface area contributed by atoms with Crippen molar-refractivity contribution in [2.45, 2.75) is 20.4 Å². The summed E-state index contributed by atoms with van der Waals surface area (Å²) in [6, 6.07) is 9.75. The second-order valence-corrected chi connectivity index (χ2v) is 8.23. The number of piperazine rings is 1. The molecule has 32 heavy (non-hydrogen) atoms. The standard InChI is InChI=1S/C22H22ClN7O2/c1-14-12-16(5-6-18(14)23)28-8-10-29(11-9-28)19(31)13-30-22-17(4-3-7-24-22)20(26-30)21-25-15(2)32-27-21/h3-7,12H,8-11,13H2,1-2H3. The lowest BCUT2D eigenvalue weighted by molar-refractivity contribution is -0.132. The Bertz CT molecular complexity index is 1290. The summed E-state index contributed by atoms with van der Waals surface area (Å²) in [7, 11) is 0. The van der Waals surface area contributed by atoms with Crippen LogP contribution in [0.4, 0.5) is 5.69 Å². The Labute approximate surface area is 189 Å². The molecule has 0 aliphatic carbocycles. The van der Waals surface area contributed by atoms with Gasteiger partial charge >= 0.3 is 0 Å². The van der Waals surface area contributed by atoms with E-state index in [1.165, 1.54) is 0 Å². The van der Waals surface area contributed by atoms with E-state index in [-0.39, 0.29) is 12.5 Å². The van der Waals surface area contributed by atoms with Gasteiger partial charge in [0.15, 0.2) is 5.65 Å². The molecular weight excluding hydrogens is 430 g/mol. The number of hydrogen-bond acceptors (Lipinski definition) is 7. The third-order valence-electron chi connectivity index (χ3n) is 5.67. The number of amides is 1. The molecule has 0 radical (unpaired) electrons. The Morgan fingerprint density at radius 2 is 1.97 bits per heavy atom. The van der Waals surface area contributed by atoms with E-state index in [1.807, 2.05) is 36.1 Å². The van der Waals surface area contributed by atoms with Crippen LogP contribution in [-0.2, 0) is 11.3 Å². The van der Waals surface area contributed by atoms with Crippen LogP contribution in [0.1, 0.15) is 11.5 Å². The quantitative estimate of drug-likeness (QED) is 0.470. The van der Waals surface area contributed by atoms with Gasteiger partial charge in [0.25, 0.3) is 0 Å². The molecule has 1 aliphatic rings. The number of carbonyl (C=O) groups excluding carboxylic acids is 1. The summed E-state index contributed by atoms with van der Waals surface area (Å²) >= 11 is 6.15. The van der Waals surface area contributed by atoms with Gasteiger partial charge in [-0.1, -0.05) is 16.8 Å². The van der Waals surface area contributed by atoms with Gasteiger partial charge in [-0.3, -0.25) is 4.79 Å². The number of hydrogen-bond donors (Lipinski definition) is 0. The summed E-state index contributed by atoms with van der Waals surface area (Å²) in [4.78, 5) is 25.9. The van der Waals surface area contributed by atoms with E-state index in [0.29, 0.717) is 36.1 Å². The molecule has 9 nitrogen and oxygen atoms in total. The molecule has 1 aromatic carbocycles. The number of benzene rings is 1. The van der Waals surface area contributed by atoms with Crippen LogP contribution in [-0.4, -0.2) is 61.9 Å². The Balaban J connectivity index is 1.31. The molecule has 1 fully saturated rings. The maximum atomic E-state index is 13.1. The zero-order valence-electron chi connectivity index (χ0n) is 17.8. The Hall–Kier alpha value is -3.46. The number of pyridine rings is 1. The van der Waals surface area contributed by atoms with Crippen LogP contribution in [0.5, 0.6) is 0 Å². The molecule has 1 aliphatic heterocycles. The van der Waals surface area contributed by atoms with Crippen molar-refractivity contribution in [1.82, 2.24) is 29.8 Å². The van der Waals surface area contributed by atoms with Gasteiger partial charge in [-0.2, -0.15) is 10.1 Å². The maximum Gasteiger partial charge on any atom is 0.244 e. The van der Waals surface area contributed by atoms with Gasteiger partial charge in [0, 0.05) is 50.0 Å². The lowest BCUT2D eigenvalue weighted by Gasteiger charge is -2.36. The molecule has 0 N–H and O–H groups in total. The fraction of sp³-hybridized carbons (Fsp3) is 0.318. The van der Waals surface area contributed by atoms with E-state index in [9.17, 15) is 4.79 Å². The van der Waals surface area contributed by atoms with Crippen LogP contribution < -0.4 is 4.90 Å². The van der Waals surface area contributed by atoms with Gasteiger partial charge in [0.1, 0.15) is 12.2 Å². The van der Waals surface area contributed by atoms with Gasteiger partial charge in [0.05, 0.1) is 5.39 Å². The normalized spacial score (nSPS) is 14.3. The van der Waals surface area contributed by atoms with Crippen molar-refractivity contribution < 1.29 is 9.32 Å². The number of halogens is 1. The molecular formula is C22H22ClN7O2. The fourth-order valence-corrected chi connectivity index (χ4v) is 4.07. The summed E-state index contributed by atoms with van der Waals surface area (Å²) in [5.74, 6) is 0.845. The molecule has 1 saturated heterocycles. The maximum absolute atomic E-state index is 13.1. The molecule has 10 heteroatoms. The average molecular weight is 452 g/mol. The summed E-state index contributed by atoms with van der Waals surface area (Å²) in [5.41, 5.74) is 3.35. The third kappa shape index (κ3) is 3.80. The van der Waals surface area contributed by atoms with Crippen molar-refractivity contribution in [3.63, 3.8) is 0 Å². The van der Waals surface area contributed by atoms with Gasteiger partial charge in [-0.25, -0.2) is 9.67 Å². The summed E-state index contributed by atoms with van der Waals surface area (Å²) < 4.78 is 6.71. The number of aromatic nitrogens is 5. The van der Waals surface area contributed by atoms with Gasteiger partial charge in [-0.05, 0) is 42.8 Å². The smallest absolute Gasteiger partial charge is 0.244 e. The van der Waals surface area contributed by atoms with Crippen molar-refractivity contribution in [3.05, 3.63) is 53.0 Å². The number of rotatable bonds is 4. The van der Waals surface area contributed by atoms with Gasteiger partial charge in [-0.15, -0.1) is 0 Å². The van der Waals surface area contributed by atoms with Crippen LogP contribution in [0.3, 0.4) is 0 Å². The summed E-state index contributed by atoms with van der Waals surface area (Å²) in [6.07, 6.45) is 1.68. The van der Waals surface area contributed by atoms with Crippen molar-refractivity contribution in [2.75, 3.05) is 31.1 Å². The first kappa shape index (κ1) is 20.4. The molecule has 0 atom stereocenters. The Morgan fingerprint density at radius 1 is 1.16 bits per heavy atom. The lowest BCUT2D eigenvalue weighted by Crippen LogP contribution is -2.49. The van der Waals surface area contributed by atoms with Crippen molar-refractivity contribution >= 4 is 34.2 Å². The van der Waals surface area contributed by atoms with Crippen LogP contribution in [0.25, 0.3) is 22.6 Å². The minimum absolute atomic E-state index is 0.00262. The van der Waals surface area contributed by atoms with Crippen molar-refractivity contribution in [2.24, 2.45) is 0 Å². The van der Waals surface area contributed by atoms with E-state index < -0.39 is 0 Å². The van der Waals surface area contributed by atoms with E-state index in [0.717, 1.165) is 34.7 Å². The monoisotopic (exact) mass is 451 g/mol. The van der Waals surface area contributed by atoms with Crippen LogP contribution in [0, 0.1) is 13.8 Å². The number of aryl methyl sites for hydroxylation is 2. The average Bonchev–Trinajstić information content (AvgIpc) is 3.39. The highest BCUT2D eigenvalue weighted by atomic mass is 35.5. The number of fused-ring (bicyclic) bond motifs is 1. The number of nitrogens with zero attached hydrogens (tertiary/aromatic N) is 7. The zero-order valence-corrected chi connectivity index (χ0v) is 18.6. The highest BCUT2D eigenvalue weighted by molar-refractivity contribution is 6.31. The SMILES string of the molecule is Cc1nc(-c2nn(CC(=O)N3CCN(c4ccc(Cl)c(C)c4)CC3)c3ncccc23)no1. The number of anilines is 1. The molecule has 4 heterocycles. The Morgan fingerprint density at radius 3 is 2.69 bits per heavy atom. The molecule has 3 aromatic heterocycles. The third-order valence-corrected chi connectivity index (χ3v) is 6.09. The highest BCUT2D eigenvalue weighted by Gasteiger charge is 2.24. The largest absolute Gasteiger partial charge is 0.368 e. The molecule has 164 valence electrons. The molecule has 0 unspecified atom stereocenters. The second-order valence-electron chi connectivity index (χ2n) is 7.82. The number of carbonyl (C=O) groups is 1. The minimum Gasteiger partial charge on any atom is -0.368 e. The zero-order chi connectivity index (χ0) is 22.2.